The van der Waals surface area contributed by atoms with Gasteiger partial charge in [0.05, 0.1) is 25.2 Å². The number of esters is 1. The van der Waals surface area contributed by atoms with Crippen LogP contribution in [0.2, 0.25) is 0 Å². The van der Waals surface area contributed by atoms with Gasteiger partial charge in [0.25, 0.3) is 0 Å². The van der Waals surface area contributed by atoms with Crippen LogP contribution in [0.25, 0.3) is 11.1 Å². The van der Waals surface area contributed by atoms with Gasteiger partial charge >= 0.3 is 11.7 Å². The van der Waals surface area contributed by atoms with Crippen molar-refractivity contribution in [3.63, 3.8) is 0 Å². The van der Waals surface area contributed by atoms with Gasteiger partial charge in [-0.25, -0.2) is 4.79 Å². The van der Waals surface area contributed by atoms with E-state index in [9.17, 15) is 19.8 Å². The second-order valence-electron chi connectivity index (χ2n) is 4.06. The first-order chi connectivity index (χ1) is 9.01. The molecule has 7 heteroatoms. The number of aliphatic hydroxyl groups is 2. The van der Waals surface area contributed by atoms with Crippen molar-refractivity contribution < 1.29 is 24.2 Å². The standard InChI is InChI=1S/C12H13NO6/c1-18-10(15)5-8(14)11(16)6-2-3-7-9(4-6)19-12(17)13-7/h2-4,8,11,14,16H,5H2,1H3,(H,13,17). The minimum absolute atomic E-state index is 0.270. The average molecular weight is 267 g/mol. The van der Waals surface area contributed by atoms with Gasteiger partial charge in [0, 0.05) is 0 Å². The van der Waals surface area contributed by atoms with E-state index in [1.54, 1.807) is 6.07 Å². The highest BCUT2D eigenvalue weighted by Gasteiger charge is 2.22. The Bertz CT molecular complexity index is 643. The van der Waals surface area contributed by atoms with Gasteiger partial charge in [-0.05, 0) is 17.7 Å². The lowest BCUT2D eigenvalue weighted by Gasteiger charge is -2.16. The minimum atomic E-state index is -1.30. The predicted molar refractivity (Wildman–Crippen MR) is 64.4 cm³/mol. The SMILES string of the molecule is COC(=O)CC(O)C(O)c1ccc2[nH]c(=O)oc2c1. The molecule has 2 aromatic rings. The van der Waals surface area contributed by atoms with E-state index >= 15 is 0 Å². The molecule has 3 N–H and O–H groups in total. The summed E-state index contributed by atoms with van der Waals surface area (Å²) in [6, 6.07) is 4.50. The van der Waals surface area contributed by atoms with E-state index in [0.717, 1.165) is 0 Å². The number of carbonyl (C=O) groups excluding carboxylic acids is 1. The van der Waals surface area contributed by atoms with Gasteiger partial charge in [-0.3, -0.25) is 9.78 Å². The summed E-state index contributed by atoms with van der Waals surface area (Å²) in [5, 5.41) is 19.6. The number of hydrogen-bond donors (Lipinski definition) is 3. The first-order valence-corrected chi connectivity index (χ1v) is 5.57. The van der Waals surface area contributed by atoms with Crippen molar-refractivity contribution in [1.29, 1.82) is 0 Å². The third-order valence-corrected chi connectivity index (χ3v) is 2.75. The van der Waals surface area contributed by atoms with Crippen LogP contribution in [0.15, 0.2) is 27.4 Å². The van der Waals surface area contributed by atoms with Crippen LogP contribution in [0.3, 0.4) is 0 Å². The third kappa shape index (κ3) is 2.83. The van der Waals surface area contributed by atoms with Crippen LogP contribution in [0.5, 0.6) is 0 Å². The Kier molecular flexibility index (Phi) is 3.68. The predicted octanol–water partition coefficient (Wildman–Crippen LogP) is 0.0785. The molecule has 0 fully saturated rings. The van der Waals surface area contributed by atoms with E-state index in [-0.39, 0.29) is 12.0 Å². The van der Waals surface area contributed by atoms with Gasteiger partial charge in [0.15, 0.2) is 5.58 Å². The molecule has 0 aliphatic heterocycles. The fourth-order valence-corrected chi connectivity index (χ4v) is 1.73. The van der Waals surface area contributed by atoms with Crippen LogP contribution >= 0.6 is 0 Å². The lowest BCUT2D eigenvalue weighted by atomic mass is 10.0. The summed E-state index contributed by atoms with van der Waals surface area (Å²) in [6.45, 7) is 0. The normalized spacial score (nSPS) is 14.3. The zero-order valence-corrected chi connectivity index (χ0v) is 10.1. The summed E-state index contributed by atoms with van der Waals surface area (Å²) in [4.78, 5) is 24.5. The van der Waals surface area contributed by atoms with Crippen molar-refractivity contribution in [1.82, 2.24) is 4.98 Å². The largest absolute Gasteiger partial charge is 0.469 e. The smallest absolute Gasteiger partial charge is 0.417 e. The molecule has 0 aliphatic rings. The molecule has 1 aromatic heterocycles. The first-order valence-electron chi connectivity index (χ1n) is 5.57. The third-order valence-electron chi connectivity index (χ3n) is 2.75. The number of aromatic nitrogens is 1. The van der Waals surface area contributed by atoms with Crippen molar-refractivity contribution in [3.05, 3.63) is 34.3 Å². The van der Waals surface area contributed by atoms with Gasteiger partial charge in [-0.15, -0.1) is 0 Å². The van der Waals surface area contributed by atoms with Crippen molar-refractivity contribution in [2.45, 2.75) is 18.6 Å². The van der Waals surface area contributed by atoms with Crippen LogP contribution in [0, 0.1) is 0 Å². The number of H-pyrrole nitrogens is 1. The molecule has 1 aromatic carbocycles. The average Bonchev–Trinajstić information content (AvgIpc) is 2.76. The number of benzene rings is 1. The molecule has 0 spiro atoms. The number of ether oxygens (including phenoxy) is 1. The zero-order valence-electron chi connectivity index (χ0n) is 10.1. The highest BCUT2D eigenvalue weighted by atomic mass is 16.5. The molecule has 0 saturated carbocycles. The van der Waals surface area contributed by atoms with Crippen LogP contribution in [-0.2, 0) is 9.53 Å². The Morgan fingerprint density at radius 1 is 1.47 bits per heavy atom. The van der Waals surface area contributed by atoms with E-state index in [1.165, 1.54) is 19.2 Å². The summed E-state index contributed by atoms with van der Waals surface area (Å²) in [5.41, 5.74) is 1.10. The molecule has 2 atom stereocenters. The van der Waals surface area contributed by atoms with Crippen molar-refractivity contribution in [3.8, 4) is 0 Å². The molecule has 0 radical (unpaired) electrons. The van der Waals surface area contributed by atoms with Crippen LogP contribution < -0.4 is 5.76 Å². The van der Waals surface area contributed by atoms with E-state index < -0.39 is 23.9 Å². The van der Waals surface area contributed by atoms with Crippen molar-refractivity contribution >= 4 is 17.1 Å². The summed E-state index contributed by atoms with van der Waals surface area (Å²) in [6.07, 6.45) is -2.90. The van der Waals surface area contributed by atoms with Gasteiger partial charge < -0.3 is 19.4 Å². The molecule has 7 nitrogen and oxygen atoms in total. The Morgan fingerprint density at radius 2 is 2.21 bits per heavy atom. The van der Waals surface area contributed by atoms with E-state index in [0.29, 0.717) is 11.1 Å². The Hall–Kier alpha value is -2.12. The minimum Gasteiger partial charge on any atom is -0.469 e. The molecule has 19 heavy (non-hydrogen) atoms. The number of methoxy groups -OCH3 is 1. The zero-order chi connectivity index (χ0) is 14.0. The second-order valence-corrected chi connectivity index (χ2v) is 4.06. The lowest BCUT2D eigenvalue weighted by Crippen LogP contribution is -2.22. The Morgan fingerprint density at radius 3 is 2.89 bits per heavy atom. The Balaban J connectivity index is 2.22. The number of aliphatic hydroxyl groups excluding tert-OH is 2. The molecular formula is C12H13NO6. The van der Waals surface area contributed by atoms with Crippen molar-refractivity contribution in [2.75, 3.05) is 7.11 Å². The van der Waals surface area contributed by atoms with Gasteiger partial charge in [-0.2, -0.15) is 0 Å². The maximum absolute atomic E-state index is 11.0. The van der Waals surface area contributed by atoms with Crippen LogP contribution in [0.1, 0.15) is 18.1 Å². The van der Waals surface area contributed by atoms with E-state index in [1.807, 2.05) is 0 Å². The molecule has 0 saturated heterocycles. The fraction of sp³-hybridized carbons (Fsp3) is 0.333. The summed E-state index contributed by atoms with van der Waals surface area (Å²) >= 11 is 0. The number of rotatable bonds is 4. The second kappa shape index (κ2) is 5.25. The monoisotopic (exact) mass is 267 g/mol. The molecular weight excluding hydrogens is 254 g/mol. The fourth-order valence-electron chi connectivity index (χ4n) is 1.73. The maximum atomic E-state index is 11.0. The molecule has 0 aliphatic carbocycles. The maximum Gasteiger partial charge on any atom is 0.417 e. The molecule has 2 unspecified atom stereocenters. The summed E-state index contributed by atoms with van der Waals surface area (Å²) in [5.74, 6) is -1.22. The number of nitrogens with one attached hydrogen (secondary N) is 1. The highest BCUT2D eigenvalue weighted by molar-refractivity contribution is 5.73. The highest BCUT2D eigenvalue weighted by Crippen LogP contribution is 2.22. The number of oxazole rings is 1. The number of aromatic amines is 1. The number of hydrogen-bond acceptors (Lipinski definition) is 6. The molecule has 2 rings (SSSR count). The number of fused-ring (bicyclic) bond motifs is 1. The van der Waals surface area contributed by atoms with Crippen molar-refractivity contribution in [2.24, 2.45) is 0 Å². The Labute approximate surface area is 107 Å². The van der Waals surface area contributed by atoms with Gasteiger partial charge in [0.2, 0.25) is 0 Å². The van der Waals surface area contributed by atoms with E-state index in [2.05, 4.69) is 9.72 Å². The van der Waals surface area contributed by atoms with Gasteiger partial charge in [-0.1, -0.05) is 6.07 Å². The molecule has 0 bridgehead atoms. The lowest BCUT2D eigenvalue weighted by molar-refractivity contribution is -0.144. The van der Waals surface area contributed by atoms with E-state index in [4.69, 9.17) is 4.42 Å². The van der Waals surface area contributed by atoms with Crippen LogP contribution in [0.4, 0.5) is 0 Å². The van der Waals surface area contributed by atoms with Gasteiger partial charge in [0.1, 0.15) is 6.10 Å². The molecule has 102 valence electrons. The first kappa shape index (κ1) is 13.3. The summed E-state index contributed by atoms with van der Waals surface area (Å²) < 4.78 is 9.25. The van der Waals surface area contributed by atoms with Crippen LogP contribution in [-0.4, -0.2) is 34.4 Å². The topological polar surface area (TPSA) is 113 Å². The number of carbonyl (C=O) groups is 1. The quantitative estimate of drug-likeness (QED) is 0.676. The molecule has 1 heterocycles. The summed E-state index contributed by atoms with van der Waals surface area (Å²) in [7, 11) is 1.20. The molecule has 0 amide bonds.